The molecular formula is C16H13FN2O. The third kappa shape index (κ3) is 1.86. The van der Waals surface area contributed by atoms with E-state index in [0.29, 0.717) is 16.9 Å². The molecule has 0 saturated heterocycles. The van der Waals surface area contributed by atoms with Gasteiger partial charge in [0.05, 0.1) is 5.69 Å². The molecule has 0 spiro atoms. The Morgan fingerprint density at radius 1 is 1.10 bits per heavy atom. The van der Waals surface area contributed by atoms with Crippen LogP contribution in [0, 0.1) is 12.7 Å². The minimum atomic E-state index is -0.398. The standard InChI is InChI=1S/C16H13FN2O/c1-10-6-7-12(17)9-14(10)19-15(18)8-11-4-2-3-5-13(11)16(19)20/h2-9H,18H2,1H3. The van der Waals surface area contributed by atoms with Crippen molar-refractivity contribution < 1.29 is 4.39 Å². The van der Waals surface area contributed by atoms with Gasteiger partial charge >= 0.3 is 0 Å². The smallest absolute Gasteiger partial charge is 0.264 e. The first-order valence-electron chi connectivity index (χ1n) is 6.25. The number of nitrogen functional groups attached to an aromatic ring is 1. The fourth-order valence-corrected chi connectivity index (χ4v) is 2.35. The van der Waals surface area contributed by atoms with Crippen molar-refractivity contribution in [2.75, 3.05) is 5.73 Å². The topological polar surface area (TPSA) is 48.0 Å². The first kappa shape index (κ1) is 12.4. The summed E-state index contributed by atoms with van der Waals surface area (Å²) < 4.78 is 14.8. The van der Waals surface area contributed by atoms with Crippen LogP contribution in [-0.4, -0.2) is 4.57 Å². The molecule has 0 amide bonds. The van der Waals surface area contributed by atoms with E-state index in [1.165, 1.54) is 16.7 Å². The summed E-state index contributed by atoms with van der Waals surface area (Å²) in [5.41, 5.74) is 7.00. The van der Waals surface area contributed by atoms with Gasteiger partial charge in [-0.1, -0.05) is 24.3 Å². The third-order valence-corrected chi connectivity index (χ3v) is 3.37. The normalized spacial score (nSPS) is 10.9. The Labute approximate surface area is 115 Å². The van der Waals surface area contributed by atoms with Gasteiger partial charge in [0, 0.05) is 5.39 Å². The predicted molar refractivity (Wildman–Crippen MR) is 78.7 cm³/mol. The number of nitrogens with two attached hydrogens (primary N) is 1. The van der Waals surface area contributed by atoms with Gasteiger partial charge in [-0.05, 0) is 42.1 Å². The lowest BCUT2D eigenvalue weighted by molar-refractivity contribution is 0.626. The summed E-state index contributed by atoms with van der Waals surface area (Å²) in [5.74, 6) is -0.104. The summed E-state index contributed by atoms with van der Waals surface area (Å²) >= 11 is 0. The summed E-state index contributed by atoms with van der Waals surface area (Å²) in [7, 11) is 0. The maximum absolute atomic E-state index is 13.5. The summed E-state index contributed by atoms with van der Waals surface area (Å²) in [6, 6.07) is 13.2. The van der Waals surface area contributed by atoms with E-state index in [-0.39, 0.29) is 5.56 Å². The minimum Gasteiger partial charge on any atom is -0.385 e. The zero-order valence-corrected chi connectivity index (χ0v) is 10.9. The average molecular weight is 268 g/mol. The van der Waals surface area contributed by atoms with Gasteiger partial charge in [0.2, 0.25) is 0 Å². The zero-order chi connectivity index (χ0) is 14.3. The highest BCUT2D eigenvalue weighted by Gasteiger charge is 2.11. The second-order valence-corrected chi connectivity index (χ2v) is 4.73. The molecule has 0 aliphatic rings. The number of rotatable bonds is 1. The Balaban J connectivity index is 2.42. The molecule has 100 valence electrons. The van der Waals surface area contributed by atoms with Crippen molar-refractivity contribution >= 4 is 16.6 Å². The molecule has 4 heteroatoms. The van der Waals surface area contributed by atoms with Gasteiger partial charge in [-0.25, -0.2) is 4.39 Å². The SMILES string of the molecule is Cc1ccc(F)cc1-n1c(N)cc2ccccc2c1=O. The monoisotopic (exact) mass is 268 g/mol. The first-order chi connectivity index (χ1) is 9.58. The number of aryl methyl sites for hydroxylation is 1. The predicted octanol–water partition coefficient (Wildman–Crippen LogP) is 3.02. The molecule has 0 radical (unpaired) electrons. The molecule has 0 bridgehead atoms. The molecule has 0 atom stereocenters. The van der Waals surface area contributed by atoms with Gasteiger partial charge in [0.25, 0.3) is 5.56 Å². The van der Waals surface area contributed by atoms with Crippen molar-refractivity contribution in [3.05, 3.63) is 70.3 Å². The van der Waals surface area contributed by atoms with Gasteiger partial charge in [0.15, 0.2) is 0 Å². The van der Waals surface area contributed by atoms with E-state index in [9.17, 15) is 9.18 Å². The van der Waals surface area contributed by atoms with Crippen molar-refractivity contribution in [3.63, 3.8) is 0 Å². The number of hydrogen-bond donors (Lipinski definition) is 1. The lowest BCUT2D eigenvalue weighted by atomic mass is 10.1. The van der Waals surface area contributed by atoms with E-state index in [2.05, 4.69) is 0 Å². The van der Waals surface area contributed by atoms with Crippen LogP contribution in [0.1, 0.15) is 5.56 Å². The second-order valence-electron chi connectivity index (χ2n) is 4.73. The number of benzene rings is 2. The highest BCUT2D eigenvalue weighted by atomic mass is 19.1. The van der Waals surface area contributed by atoms with Gasteiger partial charge in [-0.3, -0.25) is 9.36 Å². The maximum atomic E-state index is 13.5. The first-order valence-corrected chi connectivity index (χ1v) is 6.25. The lowest BCUT2D eigenvalue weighted by Crippen LogP contribution is -2.22. The fraction of sp³-hybridized carbons (Fsp3) is 0.0625. The van der Waals surface area contributed by atoms with E-state index in [1.807, 2.05) is 19.1 Å². The largest absolute Gasteiger partial charge is 0.385 e. The van der Waals surface area contributed by atoms with Crippen molar-refractivity contribution in [2.24, 2.45) is 0 Å². The molecule has 0 unspecified atom stereocenters. The number of aromatic nitrogens is 1. The molecule has 0 aliphatic heterocycles. The van der Waals surface area contributed by atoms with Crippen LogP contribution < -0.4 is 11.3 Å². The lowest BCUT2D eigenvalue weighted by Gasteiger charge is -2.13. The Bertz CT molecular complexity index is 868. The molecule has 2 N–H and O–H groups in total. The van der Waals surface area contributed by atoms with Crippen LogP contribution in [0.5, 0.6) is 0 Å². The number of halogens is 1. The molecule has 3 aromatic rings. The molecule has 20 heavy (non-hydrogen) atoms. The fourth-order valence-electron chi connectivity index (χ4n) is 2.35. The molecule has 0 saturated carbocycles. The van der Waals surface area contributed by atoms with Crippen LogP contribution in [0.15, 0.2) is 53.3 Å². The van der Waals surface area contributed by atoms with Crippen molar-refractivity contribution in [2.45, 2.75) is 6.92 Å². The molecule has 0 aliphatic carbocycles. The zero-order valence-electron chi connectivity index (χ0n) is 10.9. The van der Waals surface area contributed by atoms with Crippen molar-refractivity contribution in [1.82, 2.24) is 4.57 Å². The van der Waals surface area contributed by atoms with Crippen LogP contribution in [0.2, 0.25) is 0 Å². The highest BCUT2D eigenvalue weighted by Crippen LogP contribution is 2.20. The molecule has 3 rings (SSSR count). The minimum absolute atomic E-state index is 0.241. The summed E-state index contributed by atoms with van der Waals surface area (Å²) in [4.78, 5) is 12.6. The number of anilines is 1. The maximum Gasteiger partial charge on any atom is 0.264 e. The van der Waals surface area contributed by atoms with E-state index in [0.717, 1.165) is 10.9 Å². The number of nitrogens with zero attached hydrogens (tertiary/aromatic N) is 1. The van der Waals surface area contributed by atoms with E-state index in [1.54, 1.807) is 24.3 Å². The summed E-state index contributed by atoms with van der Waals surface area (Å²) in [6.45, 7) is 1.82. The van der Waals surface area contributed by atoms with Gasteiger partial charge in [0.1, 0.15) is 11.6 Å². The quantitative estimate of drug-likeness (QED) is 0.737. The molecule has 1 heterocycles. The Morgan fingerprint density at radius 3 is 2.65 bits per heavy atom. The third-order valence-electron chi connectivity index (χ3n) is 3.37. The Hall–Kier alpha value is -2.62. The van der Waals surface area contributed by atoms with Gasteiger partial charge < -0.3 is 5.73 Å². The molecule has 0 fully saturated rings. The molecule has 2 aromatic carbocycles. The number of hydrogen-bond acceptors (Lipinski definition) is 2. The van der Waals surface area contributed by atoms with Crippen LogP contribution >= 0.6 is 0 Å². The van der Waals surface area contributed by atoms with E-state index in [4.69, 9.17) is 5.73 Å². The van der Waals surface area contributed by atoms with E-state index >= 15 is 0 Å². The van der Waals surface area contributed by atoms with Crippen LogP contribution in [0.3, 0.4) is 0 Å². The second kappa shape index (κ2) is 4.49. The van der Waals surface area contributed by atoms with Crippen LogP contribution in [0.25, 0.3) is 16.5 Å². The molecular weight excluding hydrogens is 255 g/mol. The van der Waals surface area contributed by atoms with E-state index < -0.39 is 5.82 Å². The van der Waals surface area contributed by atoms with Crippen LogP contribution in [0.4, 0.5) is 10.2 Å². The van der Waals surface area contributed by atoms with Crippen LogP contribution in [-0.2, 0) is 0 Å². The Morgan fingerprint density at radius 2 is 1.85 bits per heavy atom. The number of fused-ring (bicyclic) bond motifs is 1. The van der Waals surface area contributed by atoms with Gasteiger partial charge in [-0.2, -0.15) is 0 Å². The summed E-state index contributed by atoms with van der Waals surface area (Å²) in [6.07, 6.45) is 0. The van der Waals surface area contributed by atoms with Crippen molar-refractivity contribution in [3.8, 4) is 5.69 Å². The summed E-state index contributed by atoms with van der Waals surface area (Å²) in [5, 5.41) is 1.34. The van der Waals surface area contributed by atoms with Crippen molar-refractivity contribution in [1.29, 1.82) is 0 Å². The molecule has 3 nitrogen and oxygen atoms in total. The highest BCUT2D eigenvalue weighted by molar-refractivity contribution is 5.84. The van der Waals surface area contributed by atoms with Gasteiger partial charge in [-0.15, -0.1) is 0 Å². The Kier molecular flexibility index (Phi) is 2.79. The average Bonchev–Trinajstić information content (AvgIpc) is 2.42. The molecule has 1 aromatic heterocycles. The number of pyridine rings is 1.